The number of nitrogens with zero attached hydrogens (tertiary/aromatic N) is 1. The summed E-state index contributed by atoms with van der Waals surface area (Å²) < 4.78 is -0.533. The smallest absolute Gasteiger partial charge is 0.178 e. The molecule has 0 aromatic heterocycles. The van der Waals surface area contributed by atoms with E-state index < -0.39 is 4.75 Å². The fourth-order valence-corrected chi connectivity index (χ4v) is 4.67. The Morgan fingerprint density at radius 3 is 1.48 bits per heavy atom. The number of carbonyl (C=O) groups excluding carboxylic acids is 1. The van der Waals surface area contributed by atoms with Crippen molar-refractivity contribution in [2.45, 2.75) is 11.7 Å². The Morgan fingerprint density at radius 2 is 1.19 bits per heavy atom. The van der Waals surface area contributed by atoms with E-state index in [2.05, 4.69) is 41.6 Å². The van der Waals surface area contributed by atoms with Gasteiger partial charge in [0, 0.05) is 12.7 Å². The number of thioether (sulfide) groups is 1. The molecule has 0 atom stereocenters. The second-order valence-electron chi connectivity index (χ2n) is 6.17. The van der Waals surface area contributed by atoms with Gasteiger partial charge >= 0.3 is 0 Å². The van der Waals surface area contributed by atoms with E-state index in [0.29, 0.717) is 5.75 Å². The fourth-order valence-electron chi connectivity index (χ4n) is 3.15. The van der Waals surface area contributed by atoms with Crippen molar-refractivity contribution in [3.63, 3.8) is 0 Å². The summed E-state index contributed by atoms with van der Waals surface area (Å²) in [4.78, 5) is 11.8. The van der Waals surface area contributed by atoms with E-state index in [4.69, 9.17) is 0 Å². The van der Waals surface area contributed by atoms with Crippen LogP contribution in [-0.2, 0) is 9.54 Å². The first kappa shape index (κ1) is 18.9. The molecule has 0 fully saturated rings. The monoisotopic (exact) mass is 375 g/mol. The maximum atomic E-state index is 11.8. The van der Waals surface area contributed by atoms with Gasteiger partial charge in [0.2, 0.25) is 0 Å². The molecule has 4 heteroatoms. The molecule has 0 unspecified atom stereocenters. The van der Waals surface area contributed by atoms with Crippen molar-refractivity contribution in [2.75, 3.05) is 5.75 Å². The van der Waals surface area contributed by atoms with E-state index in [-0.39, 0.29) is 11.5 Å². The molecule has 0 aliphatic carbocycles. The molecule has 3 nitrogen and oxygen atoms in total. The Hall–Kier alpha value is -2.85. The molecule has 27 heavy (non-hydrogen) atoms. The third-order valence-corrected chi connectivity index (χ3v) is 6.05. The lowest BCUT2D eigenvalue weighted by Crippen LogP contribution is -2.28. The summed E-state index contributed by atoms with van der Waals surface area (Å²) in [5.41, 5.74) is 3.47. The number of oxime groups is 1. The Labute approximate surface area is 163 Å². The van der Waals surface area contributed by atoms with Gasteiger partial charge in [-0.15, -0.1) is 11.8 Å². The van der Waals surface area contributed by atoms with Crippen molar-refractivity contribution in [3.05, 3.63) is 108 Å². The summed E-state index contributed by atoms with van der Waals surface area (Å²) in [5.74, 6) is 0.0675. The van der Waals surface area contributed by atoms with Gasteiger partial charge in [0.15, 0.2) is 5.78 Å². The molecule has 3 aromatic carbocycles. The van der Waals surface area contributed by atoms with E-state index in [1.54, 1.807) is 11.8 Å². The molecule has 0 radical (unpaired) electrons. The van der Waals surface area contributed by atoms with E-state index in [1.807, 2.05) is 54.6 Å². The molecule has 0 spiro atoms. The zero-order valence-electron chi connectivity index (χ0n) is 15.1. The van der Waals surface area contributed by atoms with Crippen LogP contribution in [0.1, 0.15) is 23.6 Å². The standard InChI is InChI=1S/C23H21NO2S/c1-18(25)22(24-26)17-27-23(19-11-5-2-6-12-19,20-13-7-3-8-14-20)21-15-9-4-10-16-21/h2-16,26H,17H2,1H3/b24-22-. The summed E-state index contributed by atoms with van der Waals surface area (Å²) in [6.45, 7) is 1.42. The number of ketones is 1. The van der Waals surface area contributed by atoms with Crippen LogP contribution in [0.15, 0.2) is 96.2 Å². The number of hydrogen-bond donors (Lipinski definition) is 1. The first-order valence-electron chi connectivity index (χ1n) is 8.71. The van der Waals surface area contributed by atoms with Crippen molar-refractivity contribution in [3.8, 4) is 0 Å². The molecule has 0 heterocycles. The number of carbonyl (C=O) groups is 1. The Kier molecular flexibility index (Phi) is 6.09. The lowest BCUT2D eigenvalue weighted by atomic mass is 9.84. The molecule has 3 aromatic rings. The van der Waals surface area contributed by atoms with Crippen LogP contribution in [0.25, 0.3) is 0 Å². The van der Waals surface area contributed by atoms with Gasteiger partial charge in [-0.2, -0.15) is 0 Å². The Bertz CT molecular complexity index is 812. The maximum absolute atomic E-state index is 11.8. The van der Waals surface area contributed by atoms with Crippen LogP contribution >= 0.6 is 11.8 Å². The van der Waals surface area contributed by atoms with Crippen LogP contribution in [0.2, 0.25) is 0 Å². The molecule has 0 bridgehead atoms. The van der Waals surface area contributed by atoms with Crippen molar-refractivity contribution < 1.29 is 10.0 Å². The third kappa shape index (κ3) is 3.96. The molecule has 0 saturated carbocycles. The summed E-state index contributed by atoms with van der Waals surface area (Å²) in [6.07, 6.45) is 0. The van der Waals surface area contributed by atoms with Crippen molar-refractivity contribution >= 4 is 23.3 Å². The maximum Gasteiger partial charge on any atom is 0.178 e. The average molecular weight is 375 g/mol. The minimum Gasteiger partial charge on any atom is -0.411 e. The topological polar surface area (TPSA) is 49.7 Å². The normalized spacial score (nSPS) is 12.0. The molecular formula is C23H21NO2S. The van der Waals surface area contributed by atoms with Gasteiger partial charge in [0.1, 0.15) is 5.71 Å². The molecule has 136 valence electrons. The van der Waals surface area contributed by atoms with Crippen LogP contribution in [0, 0.1) is 0 Å². The van der Waals surface area contributed by atoms with Gasteiger partial charge in [-0.3, -0.25) is 4.79 Å². The highest BCUT2D eigenvalue weighted by molar-refractivity contribution is 8.01. The highest BCUT2D eigenvalue weighted by atomic mass is 32.2. The largest absolute Gasteiger partial charge is 0.411 e. The number of rotatable bonds is 7. The van der Waals surface area contributed by atoms with E-state index in [0.717, 1.165) is 16.7 Å². The highest BCUT2D eigenvalue weighted by Gasteiger charge is 2.37. The van der Waals surface area contributed by atoms with Gasteiger partial charge in [-0.25, -0.2) is 0 Å². The Balaban J connectivity index is 2.21. The molecule has 0 aliphatic rings. The van der Waals surface area contributed by atoms with Crippen LogP contribution in [-0.4, -0.2) is 22.5 Å². The predicted octanol–water partition coefficient (Wildman–Crippen LogP) is 5.13. The molecule has 0 amide bonds. The van der Waals surface area contributed by atoms with Gasteiger partial charge in [0.05, 0.1) is 4.75 Å². The third-order valence-electron chi connectivity index (χ3n) is 4.49. The van der Waals surface area contributed by atoms with Crippen molar-refractivity contribution in [2.24, 2.45) is 5.16 Å². The fraction of sp³-hybridized carbons (Fsp3) is 0.130. The zero-order chi connectivity index (χ0) is 19.1. The average Bonchev–Trinajstić information content (AvgIpc) is 2.73. The summed E-state index contributed by atoms with van der Waals surface area (Å²) in [7, 11) is 0. The van der Waals surface area contributed by atoms with Crippen LogP contribution in [0.5, 0.6) is 0 Å². The lowest BCUT2D eigenvalue weighted by Gasteiger charge is -2.35. The van der Waals surface area contributed by atoms with Crippen molar-refractivity contribution in [1.82, 2.24) is 0 Å². The second kappa shape index (κ2) is 8.69. The number of Topliss-reactive ketones (excluding diaryl/α,β-unsaturated/α-hetero) is 1. The Morgan fingerprint density at radius 1 is 0.815 bits per heavy atom. The lowest BCUT2D eigenvalue weighted by molar-refractivity contribution is -0.111. The quantitative estimate of drug-likeness (QED) is 0.269. The summed E-state index contributed by atoms with van der Waals surface area (Å²) >= 11 is 1.58. The summed E-state index contributed by atoms with van der Waals surface area (Å²) in [6, 6.07) is 30.6. The number of benzene rings is 3. The van der Waals surface area contributed by atoms with Gasteiger partial charge in [-0.1, -0.05) is 96.2 Å². The highest BCUT2D eigenvalue weighted by Crippen LogP contribution is 2.48. The minimum atomic E-state index is -0.533. The first-order valence-corrected chi connectivity index (χ1v) is 9.69. The minimum absolute atomic E-state index is 0.159. The second-order valence-corrected chi connectivity index (χ2v) is 7.36. The molecule has 1 N–H and O–H groups in total. The zero-order valence-corrected chi connectivity index (χ0v) is 15.9. The number of hydrogen-bond acceptors (Lipinski definition) is 4. The van der Waals surface area contributed by atoms with Crippen molar-refractivity contribution in [1.29, 1.82) is 0 Å². The molecule has 0 saturated heterocycles. The van der Waals surface area contributed by atoms with E-state index in [1.165, 1.54) is 6.92 Å². The first-order chi connectivity index (χ1) is 13.2. The van der Waals surface area contributed by atoms with Gasteiger partial charge < -0.3 is 5.21 Å². The molecular weight excluding hydrogens is 354 g/mol. The van der Waals surface area contributed by atoms with Gasteiger partial charge in [0.25, 0.3) is 0 Å². The van der Waals surface area contributed by atoms with Crippen LogP contribution in [0.4, 0.5) is 0 Å². The van der Waals surface area contributed by atoms with E-state index >= 15 is 0 Å². The van der Waals surface area contributed by atoms with Gasteiger partial charge in [-0.05, 0) is 16.7 Å². The van der Waals surface area contributed by atoms with E-state index in [9.17, 15) is 10.0 Å². The van der Waals surface area contributed by atoms with Crippen LogP contribution in [0.3, 0.4) is 0 Å². The SMILES string of the molecule is CC(=O)/C(CSC(c1ccccc1)(c1ccccc1)c1ccccc1)=N\O. The molecule has 0 aliphatic heterocycles. The molecule has 3 rings (SSSR count). The summed E-state index contributed by atoms with van der Waals surface area (Å²) in [5, 5.41) is 12.5. The predicted molar refractivity (Wildman–Crippen MR) is 112 cm³/mol. The van der Waals surface area contributed by atoms with Crippen LogP contribution < -0.4 is 0 Å².